The van der Waals surface area contributed by atoms with Crippen molar-refractivity contribution < 1.29 is 9.59 Å². The van der Waals surface area contributed by atoms with Crippen LogP contribution in [-0.2, 0) is 0 Å². The number of allylic oxidation sites excluding steroid dienone is 18. The maximum absolute atomic E-state index is 13.1. The van der Waals surface area contributed by atoms with Gasteiger partial charge in [-0.3, -0.25) is 9.59 Å². The molecule has 2 heteroatoms. The van der Waals surface area contributed by atoms with Crippen LogP contribution in [0, 0.1) is 5.92 Å². The highest BCUT2D eigenvalue weighted by Crippen LogP contribution is 2.30. The molecule has 0 spiro atoms. The van der Waals surface area contributed by atoms with Gasteiger partial charge < -0.3 is 0 Å². The van der Waals surface area contributed by atoms with E-state index in [2.05, 4.69) is 118 Å². The summed E-state index contributed by atoms with van der Waals surface area (Å²) in [7, 11) is 0. The van der Waals surface area contributed by atoms with Gasteiger partial charge in [-0.1, -0.05) is 124 Å². The molecule has 0 N–H and O–H groups in total. The third kappa shape index (κ3) is 21.3. The van der Waals surface area contributed by atoms with Crippen LogP contribution in [0.1, 0.15) is 212 Å². The van der Waals surface area contributed by atoms with Gasteiger partial charge in [0.2, 0.25) is 0 Å². The summed E-state index contributed by atoms with van der Waals surface area (Å²) in [5.74, 6) is 0.545. The van der Waals surface area contributed by atoms with E-state index in [9.17, 15) is 9.59 Å². The minimum absolute atomic E-state index is 0.00614. The van der Waals surface area contributed by atoms with E-state index in [0.717, 1.165) is 89.9 Å². The number of carbonyl (C=O) groups is 2. The molecule has 1 aromatic carbocycles. The fourth-order valence-corrected chi connectivity index (χ4v) is 7.58. The van der Waals surface area contributed by atoms with Crippen molar-refractivity contribution in [3.05, 3.63) is 140 Å². The minimum atomic E-state index is 0.00614. The molecule has 318 valence electrons. The van der Waals surface area contributed by atoms with E-state index in [4.69, 9.17) is 0 Å². The van der Waals surface area contributed by atoms with Gasteiger partial charge in [-0.25, -0.2) is 0 Å². The van der Waals surface area contributed by atoms with Crippen LogP contribution < -0.4 is 0 Å². The Hall–Kier alpha value is -3.78. The first-order valence-electron chi connectivity index (χ1n) is 22.8. The molecule has 2 nitrogen and oxygen atoms in total. The Morgan fingerprint density at radius 1 is 0.448 bits per heavy atom. The summed E-state index contributed by atoms with van der Waals surface area (Å²) < 4.78 is 0. The first-order valence-corrected chi connectivity index (χ1v) is 22.8. The third-order valence-corrected chi connectivity index (χ3v) is 11.8. The van der Waals surface area contributed by atoms with E-state index in [0.29, 0.717) is 34.6 Å². The zero-order valence-electron chi connectivity index (χ0n) is 39.0. The molecule has 0 fully saturated rings. The highest BCUT2D eigenvalue weighted by Gasteiger charge is 2.29. The van der Waals surface area contributed by atoms with Gasteiger partial charge in [0.15, 0.2) is 11.6 Å². The Labute approximate surface area is 357 Å². The van der Waals surface area contributed by atoms with Crippen LogP contribution in [0.3, 0.4) is 0 Å². The summed E-state index contributed by atoms with van der Waals surface area (Å²) >= 11 is 0. The summed E-state index contributed by atoms with van der Waals surface area (Å²) in [5, 5.41) is 0. The lowest BCUT2D eigenvalue weighted by atomic mass is 9.82. The molecule has 0 saturated heterocycles. The number of Topliss-reactive ketones (excluding diaryl/α,β-unsaturated/α-hetero) is 2. The Morgan fingerprint density at radius 2 is 0.759 bits per heavy atom. The molecule has 0 amide bonds. The molecule has 0 heterocycles. The number of rotatable bonds is 27. The molecule has 0 saturated carbocycles. The standard InChI is InChI=1S/C56H82O2/c1-42(2)22-14-23-43(3)24-15-25-44(4)26-16-27-45(5)28-17-29-46(6)30-18-31-47(7)32-19-33-48(8)34-20-35-49(9)36-21-37-50(10)40-41-52-51(11)55(57)53-38-12-13-39-54(53)56(52)58/h12-13,22,24,26,28,30,32,34,36,38-39,50H,14-21,23,25,27,29,31,33,35,37,40-41H2,1-11H3. The zero-order valence-corrected chi connectivity index (χ0v) is 39.0. The summed E-state index contributed by atoms with van der Waals surface area (Å²) in [6.45, 7) is 24.4. The highest BCUT2D eigenvalue weighted by molar-refractivity contribution is 6.26. The van der Waals surface area contributed by atoms with Crippen LogP contribution in [0.2, 0.25) is 0 Å². The van der Waals surface area contributed by atoms with Gasteiger partial charge in [-0.05, 0) is 191 Å². The third-order valence-electron chi connectivity index (χ3n) is 11.8. The highest BCUT2D eigenvalue weighted by atomic mass is 16.1. The molecule has 1 aliphatic carbocycles. The van der Waals surface area contributed by atoms with Gasteiger partial charge in [0.05, 0.1) is 0 Å². The molecule has 1 atom stereocenters. The van der Waals surface area contributed by atoms with E-state index >= 15 is 0 Å². The van der Waals surface area contributed by atoms with Crippen molar-refractivity contribution in [3.8, 4) is 0 Å². The molecule has 1 unspecified atom stereocenters. The normalized spacial score (nSPS) is 15.7. The van der Waals surface area contributed by atoms with Gasteiger partial charge >= 0.3 is 0 Å². The van der Waals surface area contributed by atoms with Crippen molar-refractivity contribution in [2.75, 3.05) is 0 Å². The van der Waals surface area contributed by atoms with Crippen LogP contribution in [-0.4, -0.2) is 11.6 Å². The average molecular weight is 787 g/mol. The van der Waals surface area contributed by atoms with Crippen LogP contribution in [0.25, 0.3) is 0 Å². The number of fused-ring (bicyclic) bond motifs is 1. The van der Waals surface area contributed by atoms with Gasteiger partial charge in [-0.2, -0.15) is 0 Å². The van der Waals surface area contributed by atoms with E-state index in [1.54, 1.807) is 12.1 Å². The second-order valence-electron chi connectivity index (χ2n) is 17.9. The van der Waals surface area contributed by atoms with Gasteiger partial charge in [-0.15, -0.1) is 0 Å². The molecule has 0 aliphatic heterocycles. The molecular weight excluding hydrogens is 705 g/mol. The van der Waals surface area contributed by atoms with Crippen LogP contribution in [0.5, 0.6) is 0 Å². The van der Waals surface area contributed by atoms with Crippen LogP contribution in [0.4, 0.5) is 0 Å². The molecule has 0 aromatic heterocycles. The summed E-state index contributed by atoms with van der Waals surface area (Å²) in [6, 6.07) is 7.23. The maximum Gasteiger partial charge on any atom is 0.190 e. The molecule has 58 heavy (non-hydrogen) atoms. The maximum atomic E-state index is 13.1. The quantitative estimate of drug-likeness (QED) is 0.0833. The van der Waals surface area contributed by atoms with Crippen molar-refractivity contribution in [1.29, 1.82) is 0 Å². The number of hydrogen-bond donors (Lipinski definition) is 0. The molecule has 0 radical (unpaired) electrons. The molecule has 1 aromatic rings. The smallest absolute Gasteiger partial charge is 0.190 e. The number of ketones is 2. The molecule has 1 aliphatic rings. The summed E-state index contributed by atoms with van der Waals surface area (Å²) in [5.41, 5.74) is 14.4. The minimum Gasteiger partial charge on any atom is -0.289 e. The Bertz CT molecular complexity index is 1750. The van der Waals surface area contributed by atoms with Gasteiger partial charge in [0.25, 0.3) is 0 Å². The fraction of sp³-hybridized carbons (Fsp3) is 0.536. The number of benzene rings is 1. The van der Waals surface area contributed by atoms with Crippen LogP contribution >= 0.6 is 0 Å². The SMILES string of the molecule is CC(C)=CCCC(C)=CCCC(C)=CCCC(C)=CCCC(C)=CCCC(C)=CCCC(C)=CCCC(C)=CCCC(C)CCC1=C(C)C(=O)c2ccccc2C1=O. The van der Waals surface area contributed by atoms with Gasteiger partial charge in [0.1, 0.15) is 0 Å². The molecular formula is C56H82O2. The predicted molar refractivity (Wildman–Crippen MR) is 256 cm³/mol. The van der Waals surface area contributed by atoms with E-state index in [1.165, 1.54) is 63.8 Å². The lowest BCUT2D eigenvalue weighted by Crippen LogP contribution is -2.21. The summed E-state index contributed by atoms with van der Waals surface area (Å²) in [6.07, 6.45) is 39.2. The largest absolute Gasteiger partial charge is 0.289 e. The second-order valence-corrected chi connectivity index (χ2v) is 17.9. The lowest BCUT2D eigenvalue weighted by molar-refractivity contribution is 0.0971. The van der Waals surface area contributed by atoms with E-state index in [-0.39, 0.29) is 11.6 Å². The van der Waals surface area contributed by atoms with Crippen molar-refractivity contribution in [2.45, 2.75) is 192 Å². The summed E-state index contributed by atoms with van der Waals surface area (Å²) in [4.78, 5) is 25.9. The Morgan fingerprint density at radius 3 is 1.10 bits per heavy atom. The van der Waals surface area contributed by atoms with Crippen molar-refractivity contribution >= 4 is 11.6 Å². The first kappa shape index (κ1) is 50.4. The van der Waals surface area contributed by atoms with E-state index < -0.39 is 0 Å². The Balaban J connectivity index is 1.58. The predicted octanol–water partition coefficient (Wildman–Crippen LogP) is 17.6. The Kier molecular flexibility index (Phi) is 24.8. The second kappa shape index (κ2) is 28.6. The lowest BCUT2D eigenvalue weighted by Gasteiger charge is -2.20. The number of carbonyl (C=O) groups excluding carboxylic acids is 2. The van der Waals surface area contributed by atoms with Crippen molar-refractivity contribution in [1.82, 2.24) is 0 Å². The monoisotopic (exact) mass is 787 g/mol. The topological polar surface area (TPSA) is 34.1 Å². The first-order chi connectivity index (χ1) is 27.7. The van der Waals surface area contributed by atoms with Crippen LogP contribution in [0.15, 0.2) is 129 Å². The van der Waals surface area contributed by atoms with E-state index in [1.807, 2.05) is 19.1 Å². The number of hydrogen-bond acceptors (Lipinski definition) is 2. The zero-order chi connectivity index (χ0) is 42.9. The average Bonchev–Trinajstić information content (AvgIpc) is 3.17. The fourth-order valence-electron chi connectivity index (χ4n) is 7.58. The van der Waals surface area contributed by atoms with Gasteiger partial charge in [0, 0.05) is 22.3 Å². The van der Waals surface area contributed by atoms with Crippen molar-refractivity contribution in [2.24, 2.45) is 5.92 Å². The molecule has 2 rings (SSSR count). The molecule has 0 bridgehead atoms. The van der Waals surface area contributed by atoms with Crippen molar-refractivity contribution in [3.63, 3.8) is 0 Å².